The smallest absolute Gasteiger partial charge is 0.279 e. The van der Waals surface area contributed by atoms with E-state index in [9.17, 15) is 4.79 Å². The van der Waals surface area contributed by atoms with Crippen LogP contribution in [0.3, 0.4) is 0 Å². The van der Waals surface area contributed by atoms with E-state index in [-0.39, 0.29) is 5.91 Å². The molecule has 1 unspecified atom stereocenters. The highest BCUT2D eigenvalue weighted by atomic mass is 35.5. The van der Waals surface area contributed by atoms with Crippen LogP contribution in [0.5, 0.6) is 5.75 Å². The van der Waals surface area contributed by atoms with Crippen LogP contribution in [0.15, 0.2) is 36.4 Å². The van der Waals surface area contributed by atoms with Gasteiger partial charge in [0.15, 0.2) is 6.54 Å². The topological polar surface area (TPSA) is 42.8 Å². The molecule has 0 saturated carbocycles. The second-order valence-electron chi connectivity index (χ2n) is 5.02. The molecule has 0 saturated heterocycles. The molecule has 6 heteroatoms. The molecule has 118 valence electrons. The minimum Gasteiger partial charge on any atom is -0.494 e. The summed E-state index contributed by atoms with van der Waals surface area (Å²) in [6, 6.07) is 11.3. The molecule has 0 fully saturated rings. The van der Waals surface area contributed by atoms with Crippen molar-refractivity contribution in [3.63, 3.8) is 0 Å². The maximum Gasteiger partial charge on any atom is 0.279 e. The van der Waals surface area contributed by atoms with Crippen LogP contribution in [-0.4, -0.2) is 26.1 Å². The fraction of sp³-hybridized carbons (Fsp3) is 0.312. The number of halogens is 1. The Hall–Kier alpha value is -1.56. The second-order valence-corrected chi connectivity index (χ2v) is 6.82. The highest BCUT2D eigenvalue weighted by Gasteiger charge is 2.12. The maximum absolute atomic E-state index is 12.0. The number of carbonyl (C=O) groups is 1. The van der Waals surface area contributed by atoms with Crippen molar-refractivity contribution in [3.05, 3.63) is 45.6 Å². The van der Waals surface area contributed by atoms with Crippen molar-refractivity contribution in [1.82, 2.24) is 0 Å². The van der Waals surface area contributed by atoms with Gasteiger partial charge in [0.25, 0.3) is 5.91 Å². The van der Waals surface area contributed by atoms with Gasteiger partial charge in [-0.25, -0.2) is 0 Å². The zero-order valence-corrected chi connectivity index (χ0v) is 14.3. The predicted octanol–water partition coefficient (Wildman–Crippen LogP) is 2.45. The molecule has 2 N–H and O–H groups in total. The third-order valence-electron chi connectivity index (χ3n) is 3.02. The summed E-state index contributed by atoms with van der Waals surface area (Å²) in [6.07, 6.45) is 0. The molecule has 1 heterocycles. The summed E-state index contributed by atoms with van der Waals surface area (Å²) in [4.78, 5) is 14.3. The van der Waals surface area contributed by atoms with Gasteiger partial charge in [0, 0.05) is 5.69 Å². The minimum atomic E-state index is -0.00990. The van der Waals surface area contributed by atoms with Crippen LogP contribution in [0.1, 0.15) is 11.8 Å². The van der Waals surface area contributed by atoms with Gasteiger partial charge in [-0.2, -0.15) is 0 Å². The number of hydrogen-bond acceptors (Lipinski definition) is 3. The van der Waals surface area contributed by atoms with E-state index in [2.05, 4.69) is 5.32 Å². The van der Waals surface area contributed by atoms with Gasteiger partial charge in [-0.15, -0.1) is 11.3 Å². The molecule has 22 heavy (non-hydrogen) atoms. The molecule has 1 atom stereocenters. The molecule has 1 aromatic heterocycles. The number of rotatable bonds is 7. The molecule has 1 aromatic carbocycles. The van der Waals surface area contributed by atoms with Crippen LogP contribution in [0, 0.1) is 0 Å². The SMILES string of the molecule is CCOc1ccc(NC(=O)C[NH+](C)Cc2ccc(Cl)s2)cc1. The van der Waals surface area contributed by atoms with Crippen LogP contribution < -0.4 is 15.0 Å². The fourth-order valence-corrected chi connectivity index (χ4v) is 3.29. The van der Waals surface area contributed by atoms with E-state index in [1.165, 1.54) is 4.88 Å². The quantitative estimate of drug-likeness (QED) is 0.813. The van der Waals surface area contributed by atoms with Crippen molar-refractivity contribution in [3.8, 4) is 5.75 Å². The molecule has 0 aliphatic heterocycles. The lowest BCUT2D eigenvalue weighted by atomic mass is 10.3. The highest BCUT2D eigenvalue weighted by Crippen LogP contribution is 2.20. The molecule has 2 rings (SSSR count). The number of amides is 1. The van der Waals surface area contributed by atoms with E-state index in [1.54, 1.807) is 11.3 Å². The lowest BCUT2D eigenvalue weighted by Gasteiger charge is -2.13. The summed E-state index contributed by atoms with van der Waals surface area (Å²) in [5.41, 5.74) is 0.778. The van der Waals surface area contributed by atoms with E-state index in [1.807, 2.05) is 50.4 Å². The molecule has 4 nitrogen and oxygen atoms in total. The molecule has 0 spiro atoms. The number of nitrogens with one attached hydrogen (secondary N) is 2. The van der Waals surface area contributed by atoms with Crippen molar-refractivity contribution in [1.29, 1.82) is 0 Å². The summed E-state index contributed by atoms with van der Waals surface area (Å²) in [7, 11) is 1.99. The van der Waals surface area contributed by atoms with E-state index in [0.29, 0.717) is 13.2 Å². The van der Waals surface area contributed by atoms with E-state index < -0.39 is 0 Å². The number of hydrogen-bond donors (Lipinski definition) is 2. The van der Waals surface area contributed by atoms with Crippen LogP contribution in [0.25, 0.3) is 0 Å². The number of thiophene rings is 1. The Bertz CT molecular complexity index is 613. The van der Waals surface area contributed by atoms with Crippen LogP contribution >= 0.6 is 22.9 Å². The first-order chi connectivity index (χ1) is 10.6. The molecular weight excluding hydrogens is 320 g/mol. The lowest BCUT2D eigenvalue weighted by Crippen LogP contribution is -3.08. The average Bonchev–Trinajstić information content (AvgIpc) is 2.86. The number of anilines is 1. The molecule has 0 radical (unpaired) electrons. The van der Waals surface area contributed by atoms with Crippen LogP contribution in [0.4, 0.5) is 5.69 Å². The third-order valence-corrected chi connectivity index (χ3v) is 4.25. The largest absolute Gasteiger partial charge is 0.494 e. The molecule has 2 aromatic rings. The summed E-state index contributed by atoms with van der Waals surface area (Å²) >= 11 is 7.46. The summed E-state index contributed by atoms with van der Waals surface area (Å²) in [5.74, 6) is 0.794. The van der Waals surface area contributed by atoms with E-state index in [4.69, 9.17) is 16.3 Å². The number of quaternary nitrogens is 1. The Morgan fingerprint density at radius 3 is 2.59 bits per heavy atom. The van der Waals surface area contributed by atoms with Crippen molar-refractivity contribution in [2.24, 2.45) is 0 Å². The summed E-state index contributed by atoms with van der Waals surface area (Å²) in [5, 5.41) is 2.90. The Morgan fingerprint density at radius 2 is 2.00 bits per heavy atom. The average molecular weight is 340 g/mol. The Morgan fingerprint density at radius 1 is 1.27 bits per heavy atom. The first-order valence-electron chi connectivity index (χ1n) is 7.15. The van der Waals surface area contributed by atoms with Crippen molar-refractivity contribution in [2.75, 3.05) is 25.5 Å². The van der Waals surface area contributed by atoms with Crippen molar-refractivity contribution in [2.45, 2.75) is 13.5 Å². The predicted molar refractivity (Wildman–Crippen MR) is 91.0 cm³/mol. The first kappa shape index (κ1) is 16.8. The standard InChI is InChI=1S/C16H19ClN2O2S/c1-3-21-13-6-4-12(5-7-13)18-16(20)11-19(2)10-14-8-9-15(17)22-14/h4-9H,3,10-11H2,1-2H3,(H,18,20)/p+1. The van der Waals surface area contributed by atoms with Crippen molar-refractivity contribution < 1.29 is 14.4 Å². The molecule has 1 amide bonds. The van der Waals surface area contributed by atoms with Gasteiger partial charge in [0.2, 0.25) is 0 Å². The molecular formula is C16H20ClN2O2S+. The Labute approximate surface area is 139 Å². The first-order valence-corrected chi connectivity index (χ1v) is 8.34. The second kappa shape index (κ2) is 8.17. The number of benzene rings is 1. The van der Waals surface area contributed by atoms with Gasteiger partial charge in [-0.05, 0) is 43.3 Å². The van der Waals surface area contributed by atoms with Crippen LogP contribution in [0.2, 0.25) is 4.34 Å². The fourth-order valence-electron chi connectivity index (χ4n) is 2.09. The maximum atomic E-state index is 12.0. The van der Waals surface area contributed by atoms with E-state index >= 15 is 0 Å². The molecule has 0 aliphatic carbocycles. The van der Waals surface area contributed by atoms with Gasteiger partial charge in [0.1, 0.15) is 12.3 Å². The van der Waals surface area contributed by atoms with E-state index in [0.717, 1.165) is 27.2 Å². The van der Waals surface area contributed by atoms with Gasteiger partial charge in [-0.1, -0.05) is 11.6 Å². The van der Waals surface area contributed by atoms with Gasteiger partial charge >= 0.3 is 0 Å². The van der Waals surface area contributed by atoms with Crippen LogP contribution in [-0.2, 0) is 11.3 Å². The van der Waals surface area contributed by atoms with Gasteiger partial charge in [-0.3, -0.25) is 4.79 Å². The number of likely N-dealkylation sites (N-methyl/N-ethyl adjacent to an activating group) is 1. The van der Waals surface area contributed by atoms with Gasteiger partial charge < -0.3 is 15.0 Å². The Kier molecular flexibility index (Phi) is 6.24. The zero-order chi connectivity index (χ0) is 15.9. The summed E-state index contributed by atoms with van der Waals surface area (Å²) in [6.45, 7) is 3.76. The third kappa shape index (κ3) is 5.33. The normalized spacial score (nSPS) is 12.0. The molecule has 0 aliphatic rings. The number of ether oxygens (including phenoxy) is 1. The Balaban J connectivity index is 1.81. The van der Waals surface area contributed by atoms with Crippen molar-refractivity contribution >= 4 is 34.5 Å². The highest BCUT2D eigenvalue weighted by molar-refractivity contribution is 7.16. The lowest BCUT2D eigenvalue weighted by molar-refractivity contribution is -0.884. The summed E-state index contributed by atoms with van der Waals surface area (Å²) < 4.78 is 6.15. The molecule has 0 bridgehead atoms. The zero-order valence-electron chi connectivity index (χ0n) is 12.7. The minimum absolute atomic E-state index is 0.00990. The number of carbonyl (C=O) groups excluding carboxylic acids is 1. The van der Waals surface area contributed by atoms with Gasteiger partial charge in [0.05, 0.1) is 22.9 Å². The monoisotopic (exact) mass is 339 g/mol.